The number of imide groups is 1. The number of nitrogens with one attached hydrogen (secondary N) is 1. The monoisotopic (exact) mass is 289 g/mol. The number of aryl methyl sites for hydroxylation is 1. The van der Waals surface area contributed by atoms with E-state index in [1.165, 1.54) is 11.3 Å². The molecule has 0 bridgehead atoms. The molecule has 0 unspecified atom stereocenters. The molecule has 5 nitrogen and oxygen atoms in total. The molecule has 0 fully saturated rings. The van der Waals surface area contributed by atoms with Gasteiger partial charge in [0.2, 0.25) is 0 Å². The Bertz CT molecular complexity index is 459. The minimum Gasteiger partial charge on any atom is -0.350 e. The minimum atomic E-state index is -0.845. The zero-order valence-corrected chi connectivity index (χ0v) is 12.1. The van der Waals surface area contributed by atoms with Crippen LogP contribution in [0, 0.1) is 12.8 Å². The highest BCUT2D eigenvalue weighted by Crippen LogP contribution is 2.27. The third-order valence-electron chi connectivity index (χ3n) is 2.17. The Labute approximate surface area is 115 Å². The van der Waals surface area contributed by atoms with E-state index in [9.17, 15) is 9.59 Å². The number of carbonyl (C=O) groups is 2. The van der Waals surface area contributed by atoms with Crippen molar-refractivity contribution in [2.75, 3.05) is 6.54 Å². The number of primary amides is 1. The summed E-state index contributed by atoms with van der Waals surface area (Å²) in [4.78, 5) is 23.7. The Morgan fingerprint density at radius 3 is 2.56 bits per heavy atom. The lowest BCUT2D eigenvalue weighted by molar-refractivity contribution is 0.0735. The maximum Gasteiger partial charge on any atom is 0.336 e. The largest absolute Gasteiger partial charge is 0.350 e. The van der Waals surface area contributed by atoms with E-state index in [-0.39, 0.29) is 5.92 Å². The highest BCUT2D eigenvalue weighted by molar-refractivity contribution is 7.13. The van der Waals surface area contributed by atoms with E-state index >= 15 is 0 Å². The first-order valence-corrected chi connectivity index (χ1v) is 6.71. The molecule has 0 atom stereocenters. The molecule has 0 aliphatic rings. The zero-order chi connectivity index (χ0) is 13.9. The van der Waals surface area contributed by atoms with E-state index in [2.05, 4.69) is 5.43 Å². The Morgan fingerprint density at radius 2 is 2.17 bits per heavy atom. The number of nitrogens with two attached hydrogens (primary N) is 1. The topological polar surface area (TPSA) is 75.4 Å². The van der Waals surface area contributed by atoms with Crippen molar-refractivity contribution in [2.45, 2.75) is 20.8 Å². The van der Waals surface area contributed by atoms with Crippen molar-refractivity contribution >= 4 is 34.9 Å². The average Bonchev–Trinajstić information content (AvgIpc) is 2.58. The number of hydrazine groups is 1. The Kier molecular flexibility index (Phi) is 5.13. The Balaban J connectivity index is 2.90. The number of amides is 3. The lowest BCUT2D eigenvalue weighted by atomic mass is 10.2. The summed E-state index contributed by atoms with van der Waals surface area (Å²) in [6.45, 7) is 6.18. The molecule has 0 radical (unpaired) electrons. The number of thiophene rings is 1. The molecule has 0 aliphatic heterocycles. The lowest BCUT2D eigenvalue weighted by Gasteiger charge is -2.20. The molecule has 0 aliphatic carbocycles. The molecule has 0 aromatic carbocycles. The summed E-state index contributed by atoms with van der Waals surface area (Å²) < 4.78 is 0. The van der Waals surface area contributed by atoms with E-state index in [1.807, 2.05) is 13.8 Å². The van der Waals surface area contributed by atoms with E-state index in [0.29, 0.717) is 16.4 Å². The van der Waals surface area contributed by atoms with Crippen LogP contribution in [0.2, 0.25) is 5.02 Å². The molecule has 1 aromatic heterocycles. The van der Waals surface area contributed by atoms with Crippen molar-refractivity contribution in [3.8, 4) is 0 Å². The molecule has 0 saturated heterocycles. The van der Waals surface area contributed by atoms with Gasteiger partial charge in [0.05, 0.1) is 5.02 Å². The van der Waals surface area contributed by atoms with Gasteiger partial charge in [-0.2, -0.15) is 5.01 Å². The van der Waals surface area contributed by atoms with Gasteiger partial charge in [-0.05, 0) is 23.8 Å². The first-order valence-electron chi connectivity index (χ1n) is 5.45. The fourth-order valence-electron chi connectivity index (χ4n) is 1.20. The normalized spacial score (nSPS) is 10.7. The smallest absolute Gasteiger partial charge is 0.336 e. The van der Waals surface area contributed by atoms with Crippen LogP contribution in [-0.2, 0) is 0 Å². The van der Waals surface area contributed by atoms with Crippen LogP contribution in [0.15, 0.2) is 5.38 Å². The van der Waals surface area contributed by atoms with E-state index in [4.69, 9.17) is 17.3 Å². The van der Waals surface area contributed by atoms with Crippen LogP contribution >= 0.6 is 22.9 Å². The lowest BCUT2D eigenvalue weighted by Crippen LogP contribution is -2.50. The van der Waals surface area contributed by atoms with Gasteiger partial charge in [-0.1, -0.05) is 25.4 Å². The predicted octanol–water partition coefficient (Wildman–Crippen LogP) is 2.39. The van der Waals surface area contributed by atoms with Crippen molar-refractivity contribution < 1.29 is 9.59 Å². The molecule has 1 heterocycles. The number of hydrogen-bond donors (Lipinski definition) is 2. The van der Waals surface area contributed by atoms with Gasteiger partial charge in [-0.15, -0.1) is 11.3 Å². The van der Waals surface area contributed by atoms with Gasteiger partial charge in [0.15, 0.2) is 0 Å². The fraction of sp³-hybridized carbons (Fsp3) is 0.455. The summed E-state index contributed by atoms with van der Waals surface area (Å²) in [5.41, 5.74) is 8.70. The van der Waals surface area contributed by atoms with Crippen LogP contribution in [0.25, 0.3) is 0 Å². The standard InChI is InChI=1S/C11H16ClN3O2S/c1-6(2)4-14-15(11(13)17)10(16)9-8(12)7(3)5-18-9/h5-6,14H,4H2,1-3H3,(H2,13,17). The van der Waals surface area contributed by atoms with Crippen molar-refractivity contribution in [1.82, 2.24) is 10.4 Å². The Morgan fingerprint density at radius 1 is 1.56 bits per heavy atom. The molecule has 0 spiro atoms. The number of carbonyl (C=O) groups excluding carboxylic acids is 2. The molecule has 0 saturated carbocycles. The molecule has 1 aromatic rings. The van der Waals surface area contributed by atoms with Gasteiger partial charge < -0.3 is 5.73 Å². The van der Waals surface area contributed by atoms with Crippen molar-refractivity contribution in [1.29, 1.82) is 0 Å². The first kappa shape index (κ1) is 14.9. The first-order chi connectivity index (χ1) is 8.34. The zero-order valence-electron chi connectivity index (χ0n) is 10.5. The maximum atomic E-state index is 12.1. The van der Waals surface area contributed by atoms with Crippen LogP contribution < -0.4 is 11.2 Å². The Hall–Kier alpha value is -1.11. The number of hydrogen-bond acceptors (Lipinski definition) is 4. The number of halogens is 1. The minimum absolute atomic E-state index is 0.278. The summed E-state index contributed by atoms with van der Waals surface area (Å²) in [5, 5.41) is 2.93. The SMILES string of the molecule is Cc1csc(C(=O)N(NCC(C)C)C(N)=O)c1Cl. The van der Waals surface area contributed by atoms with E-state index < -0.39 is 11.9 Å². The van der Waals surface area contributed by atoms with Gasteiger partial charge in [0, 0.05) is 6.54 Å². The second-order valence-electron chi connectivity index (χ2n) is 4.30. The van der Waals surface area contributed by atoms with Crippen molar-refractivity contribution in [3.05, 3.63) is 20.8 Å². The number of urea groups is 1. The summed E-state index contributed by atoms with van der Waals surface area (Å²) >= 11 is 7.19. The summed E-state index contributed by atoms with van der Waals surface area (Å²) in [6, 6.07) is -0.845. The van der Waals surface area contributed by atoms with Crippen LogP contribution in [0.5, 0.6) is 0 Å². The van der Waals surface area contributed by atoms with Gasteiger partial charge in [0.1, 0.15) is 4.88 Å². The summed E-state index contributed by atoms with van der Waals surface area (Å²) in [6.07, 6.45) is 0. The maximum absolute atomic E-state index is 12.1. The number of rotatable bonds is 4. The van der Waals surface area contributed by atoms with Crippen molar-refractivity contribution in [3.63, 3.8) is 0 Å². The highest BCUT2D eigenvalue weighted by Gasteiger charge is 2.24. The van der Waals surface area contributed by atoms with Crippen molar-refractivity contribution in [2.24, 2.45) is 11.7 Å². The third kappa shape index (κ3) is 3.44. The molecule has 1 rings (SSSR count). The summed E-state index contributed by atoms with van der Waals surface area (Å²) in [7, 11) is 0. The molecule has 7 heteroatoms. The second kappa shape index (κ2) is 6.17. The second-order valence-corrected chi connectivity index (χ2v) is 5.55. The molecule has 3 amide bonds. The van der Waals surface area contributed by atoms with Crippen LogP contribution in [-0.4, -0.2) is 23.5 Å². The molecular formula is C11H16ClN3O2S. The van der Waals surface area contributed by atoms with Gasteiger partial charge in [-0.3, -0.25) is 4.79 Å². The highest BCUT2D eigenvalue weighted by atomic mass is 35.5. The number of nitrogens with zero attached hydrogens (tertiary/aromatic N) is 1. The molecule has 3 N–H and O–H groups in total. The fourth-order valence-corrected chi connectivity index (χ4v) is 2.40. The quantitative estimate of drug-likeness (QED) is 0.836. The average molecular weight is 290 g/mol. The third-order valence-corrected chi connectivity index (χ3v) is 3.86. The van der Waals surface area contributed by atoms with Crippen LogP contribution in [0.1, 0.15) is 29.1 Å². The van der Waals surface area contributed by atoms with Gasteiger partial charge in [0.25, 0.3) is 5.91 Å². The van der Waals surface area contributed by atoms with Gasteiger partial charge >= 0.3 is 6.03 Å². The molecular weight excluding hydrogens is 274 g/mol. The van der Waals surface area contributed by atoms with Crippen LogP contribution in [0.4, 0.5) is 4.79 Å². The van der Waals surface area contributed by atoms with Gasteiger partial charge in [-0.25, -0.2) is 10.2 Å². The predicted molar refractivity (Wildman–Crippen MR) is 72.7 cm³/mol. The molecule has 18 heavy (non-hydrogen) atoms. The summed E-state index contributed by atoms with van der Waals surface area (Å²) in [5.74, 6) is -0.244. The van der Waals surface area contributed by atoms with Crippen LogP contribution in [0.3, 0.4) is 0 Å². The van der Waals surface area contributed by atoms with E-state index in [1.54, 1.807) is 12.3 Å². The molecule has 100 valence electrons. The van der Waals surface area contributed by atoms with E-state index in [0.717, 1.165) is 10.6 Å².